The van der Waals surface area contributed by atoms with Gasteiger partial charge in [-0.1, -0.05) is 17.7 Å². The number of esters is 1. The fourth-order valence-corrected chi connectivity index (χ4v) is 3.21. The summed E-state index contributed by atoms with van der Waals surface area (Å²) in [6.45, 7) is 2.55. The highest BCUT2D eigenvalue weighted by Crippen LogP contribution is 2.34. The smallest absolute Gasteiger partial charge is 0.316 e. The van der Waals surface area contributed by atoms with Gasteiger partial charge in [0.2, 0.25) is 0 Å². The molecule has 0 aliphatic carbocycles. The molecule has 0 radical (unpaired) electrons. The van der Waals surface area contributed by atoms with Crippen molar-refractivity contribution in [3.8, 4) is 11.5 Å². The number of carbonyl (C=O) groups is 2. The molecule has 0 atom stereocenters. The fourth-order valence-electron chi connectivity index (χ4n) is 2.31. The molecule has 0 saturated carbocycles. The molecule has 1 N–H and O–H groups in total. The van der Waals surface area contributed by atoms with Gasteiger partial charge in [0.15, 0.2) is 18.1 Å². The zero-order valence-corrected chi connectivity index (χ0v) is 16.2. The standard InChI is InChI=1S/C19H18ClNO5S/c1-12-2-3-13(8-15(12)20)21-18(22)10-26-19(23)11-27-14-4-5-16-17(9-14)25-7-6-24-16/h2-5,8-9H,6-7,10-11H2,1H3,(H,21,22). The van der Waals surface area contributed by atoms with Gasteiger partial charge in [0, 0.05) is 15.6 Å². The first kappa shape index (κ1) is 19.4. The summed E-state index contributed by atoms with van der Waals surface area (Å²) in [5.41, 5.74) is 1.47. The van der Waals surface area contributed by atoms with E-state index in [2.05, 4.69) is 5.32 Å². The molecule has 3 rings (SSSR count). The van der Waals surface area contributed by atoms with Crippen molar-refractivity contribution >= 4 is 40.9 Å². The maximum atomic E-state index is 11.9. The number of ether oxygens (including phenoxy) is 3. The van der Waals surface area contributed by atoms with Crippen molar-refractivity contribution in [2.75, 3.05) is 30.9 Å². The number of fused-ring (bicyclic) bond motifs is 1. The summed E-state index contributed by atoms with van der Waals surface area (Å²) in [4.78, 5) is 24.6. The molecule has 0 bridgehead atoms. The van der Waals surface area contributed by atoms with E-state index in [1.54, 1.807) is 18.2 Å². The van der Waals surface area contributed by atoms with Gasteiger partial charge >= 0.3 is 5.97 Å². The molecule has 0 spiro atoms. The summed E-state index contributed by atoms with van der Waals surface area (Å²) >= 11 is 7.31. The van der Waals surface area contributed by atoms with Gasteiger partial charge < -0.3 is 19.5 Å². The first-order valence-electron chi connectivity index (χ1n) is 8.25. The van der Waals surface area contributed by atoms with Gasteiger partial charge in [0.05, 0.1) is 5.75 Å². The van der Waals surface area contributed by atoms with Crippen LogP contribution in [0.5, 0.6) is 11.5 Å². The summed E-state index contributed by atoms with van der Waals surface area (Å²) in [5.74, 6) is 0.542. The molecule has 142 valence electrons. The third kappa shape index (κ3) is 5.55. The van der Waals surface area contributed by atoms with E-state index in [-0.39, 0.29) is 12.4 Å². The molecule has 1 aliphatic heterocycles. The Labute approximate surface area is 166 Å². The summed E-state index contributed by atoms with van der Waals surface area (Å²) < 4.78 is 16.0. The molecule has 2 aromatic rings. The number of halogens is 1. The van der Waals surface area contributed by atoms with E-state index in [1.165, 1.54) is 11.8 Å². The second kappa shape index (κ2) is 9.01. The van der Waals surface area contributed by atoms with E-state index in [4.69, 9.17) is 25.8 Å². The molecular weight excluding hydrogens is 390 g/mol. The second-order valence-corrected chi connectivity index (χ2v) is 7.22. The van der Waals surface area contributed by atoms with Crippen LogP contribution in [0.15, 0.2) is 41.3 Å². The average molecular weight is 408 g/mol. The van der Waals surface area contributed by atoms with Crippen LogP contribution in [0, 0.1) is 6.92 Å². The minimum absolute atomic E-state index is 0.0866. The Balaban J connectivity index is 1.42. The second-order valence-electron chi connectivity index (χ2n) is 5.77. The summed E-state index contributed by atoms with van der Waals surface area (Å²) in [6.07, 6.45) is 0. The predicted octanol–water partition coefficient (Wildman–Crippen LogP) is 3.69. The number of hydrogen-bond acceptors (Lipinski definition) is 6. The quantitative estimate of drug-likeness (QED) is 0.581. The van der Waals surface area contributed by atoms with Crippen molar-refractivity contribution in [3.05, 3.63) is 47.0 Å². The van der Waals surface area contributed by atoms with Crippen LogP contribution in [-0.4, -0.2) is 37.4 Å². The molecule has 0 unspecified atom stereocenters. The van der Waals surface area contributed by atoms with E-state index in [0.717, 1.165) is 10.5 Å². The average Bonchev–Trinajstić information content (AvgIpc) is 2.67. The van der Waals surface area contributed by atoms with E-state index in [0.29, 0.717) is 35.4 Å². The van der Waals surface area contributed by atoms with Crippen molar-refractivity contribution in [1.29, 1.82) is 0 Å². The Morgan fingerprint density at radius 2 is 1.93 bits per heavy atom. The van der Waals surface area contributed by atoms with Crippen LogP contribution in [0.1, 0.15) is 5.56 Å². The number of nitrogens with one attached hydrogen (secondary N) is 1. The molecule has 1 amide bonds. The zero-order valence-electron chi connectivity index (χ0n) is 14.6. The molecule has 2 aromatic carbocycles. The third-order valence-electron chi connectivity index (χ3n) is 3.69. The number of hydrogen-bond donors (Lipinski definition) is 1. The van der Waals surface area contributed by atoms with Crippen LogP contribution in [0.4, 0.5) is 5.69 Å². The Bertz CT molecular complexity index is 858. The van der Waals surface area contributed by atoms with Crippen molar-refractivity contribution in [3.63, 3.8) is 0 Å². The number of anilines is 1. The molecule has 0 saturated heterocycles. The Hall–Kier alpha value is -2.38. The van der Waals surface area contributed by atoms with Gasteiger partial charge in [0.1, 0.15) is 13.2 Å². The predicted molar refractivity (Wildman–Crippen MR) is 104 cm³/mol. The minimum atomic E-state index is -0.480. The van der Waals surface area contributed by atoms with Crippen LogP contribution in [-0.2, 0) is 14.3 Å². The monoisotopic (exact) mass is 407 g/mol. The number of carbonyl (C=O) groups excluding carboxylic acids is 2. The van der Waals surface area contributed by atoms with Gasteiger partial charge in [-0.05, 0) is 42.8 Å². The number of benzene rings is 2. The molecular formula is C19H18ClNO5S. The summed E-state index contributed by atoms with van der Waals surface area (Å²) in [7, 11) is 0. The maximum absolute atomic E-state index is 11.9. The number of rotatable bonds is 6. The van der Waals surface area contributed by atoms with E-state index < -0.39 is 11.9 Å². The molecule has 6 nitrogen and oxygen atoms in total. The van der Waals surface area contributed by atoms with Gasteiger partial charge in [-0.3, -0.25) is 9.59 Å². The number of aryl methyl sites for hydroxylation is 1. The minimum Gasteiger partial charge on any atom is -0.486 e. The highest BCUT2D eigenvalue weighted by Gasteiger charge is 2.13. The lowest BCUT2D eigenvalue weighted by atomic mass is 10.2. The molecule has 0 fully saturated rings. The van der Waals surface area contributed by atoms with E-state index >= 15 is 0 Å². The maximum Gasteiger partial charge on any atom is 0.316 e. The summed E-state index contributed by atoms with van der Waals surface area (Å²) in [6, 6.07) is 10.7. The van der Waals surface area contributed by atoms with Crippen molar-refractivity contribution in [1.82, 2.24) is 0 Å². The molecule has 8 heteroatoms. The fraction of sp³-hybridized carbons (Fsp3) is 0.263. The lowest BCUT2D eigenvalue weighted by molar-refractivity contribution is -0.144. The van der Waals surface area contributed by atoms with E-state index in [9.17, 15) is 9.59 Å². The normalized spacial score (nSPS) is 12.4. The summed E-state index contributed by atoms with van der Waals surface area (Å²) in [5, 5.41) is 3.19. The molecule has 27 heavy (non-hydrogen) atoms. The Morgan fingerprint density at radius 1 is 1.15 bits per heavy atom. The van der Waals surface area contributed by atoms with Crippen LogP contribution in [0.2, 0.25) is 5.02 Å². The van der Waals surface area contributed by atoms with Gasteiger partial charge in [-0.15, -0.1) is 11.8 Å². The molecule has 0 aromatic heterocycles. The van der Waals surface area contributed by atoms with Crippen LogP contribution < -0.4 is 14.8 Å². The lowest BCUT2D eigenvalue weighted by Crippen LogP contribution is -2.21. The van der Waals surface area contributed by atoms with Crippen LogP contribution >= 0.6 is 23.4 Å². The van der Waals surface area contributed by atoms with E-state index in [1.807, 2.05) is 25.1 Å². The van der Waals surface area contributed by atoms with Gasteiger partial charge in [-0.25, -0.2) is 0 Å². The first-order chi connectivity index (χ1) is 13.0. The Morgan fingerprint density at radius 3 is 2.70 bits per heavy atom. The third-order valence-corrected chi connectivity index (χ3v) is 5.06. The highest BCUT2D eigenvalue weighted by molar-refractivity contribution is 8.00. The molecule has 1 heterocycles. The number of thioether (sulfide) groups is 1. The van der Waals surface area contributed by atoms with Crippen LogP contribution in [0.25, 0.3) is 0 Å². The van der Waals surface area contributed by atoms with Crippen molar-refractivity contribution in [2.45, 2.75) is 11.8 Å². The number of amides is 1. The lowest BCUT2D eigenvalue weighted by Gasteiger charge is -2.18. The largest absolute Gasteiger partial charge is 0.486 e. The topological polar surface area (TPSA) is 73.9 Å². The highest BCUT2D eigenvalue weighted by atomic mass is 35.5. The van der Waals surface area contributed by atoms with Crippen LogP contribution in [0.3, 0.4) is 0 Å². The SMILES string of the molecule is Cc1ccc(NC(=O)COC(=O)CSc2ccc3c(c2)OCCO3)cc1Cl. The van der Waals surface area contributed by atoms with Gasteiger partial charge in [-0.2, -0.15) is 0 Å². The zero-order chi connectivity index (χ0) is 19.2. The van der Waals surface area contributed by atoms with Crippen molar-refractivity contribution < 1.29 is 23.8 Å². The molecule has 1 aliphatic rings. The van der Waals surface area contributed by atoms with Gasteiger partial charge in [0.25, 0.3) is 5.91 Å². The first-order valence-corrected chi connectivity index (χ1v) is 9.62. The Kier molecular flexibility index (Phi) is 6.47. The van der Waals surface area contributed by atoms with Crippen molar-refractivity contribution in [2.24, 2.45) is 0 Å².